The first-order valence-electron chi connectivity index (χ1n) is 8.60. The Bertz CT molecular complexity index is 922. The Labute approximate surface area is 155 Å². The zero-order valence-corrected chi connectivity index (χ0v) is 15.5. The molecule has 2 atom stereocenters. The Morgan fingerprint density at radius 2 is 2.31 bits per heavy atom. The van der Waals surface area contributed by atoms with E-state index >= 15 is 0 Å². The van der Waals surface area contributed by atoms with Gasteiger partial charge in [0.2, 0.25) is 11.6 Å². The minimum Gasteiger partial charge on any atom is -0.472 e. The summed E-state index contributed by atoms with van der Waals surface area (Å²) in [5.74, 6) is 0.716. The number of likely N-dealkylation sites (tertiary alicyclic amines) is 1. The lowest BCUT2D eigenvalue weighted by Crippen LogP contribution is -2.27. The Balaban J connectivity index is 1.40. The third-order valence-corrected chi connectivity index (χ3v) is 5.51. The minimum absolute atomic E-state index is 0.0719. The van der Waals surface area contributed by atoms with Crippen molar-refractivity contribution in [3.8, 4) is 5.88 Å². The van der Waals surface area contributed by atoms with E-state index in [1.165, 1.54) is 11.2 Å². The molecule has 3 aromatic rings. The molecule has 4 rings (SSSR count). The van der Waals surface area contributed by atoms with E-state index in [4.69, 9.17) is 9.15 Å². The van der Waals surface area contributed by atoms with E-state index < -0.39 is 0 Å². The Morgan fingerprint density at radius 1 is 1.42 bits per heavy atom. The molecule has 26 heavy (non-hydrogen) atoms. The molecule has 1 aliphatic heterocycles. The van der Waals surface area contributed by atoms with Crippen LogP contribution >= 0.6 is 11.3 Å². The number of thiazole rings is 1. The van der Waals surface area contributed by atoms with Crippen molar-refractivity contribution in [1.29, 1.82) is 0 Å². The van der Waals surface area contributed by atoms with Gasteiger partial charge in [0.25, 0.3) is 0 Å². The molecule has 1 fully saturated rings. The standard InChI is InChI=1S/C18H20N4O3S/c1-11-5-13(25-18-15-3-4-24-17(15)20-10-21-18)8-22(11)9-14-7-19-16(26-14)6-12(2)23/h3-4,7,10-11,13H,5-6,8-9H2,1-2H3/t11-,13+/m0/s1. The van der Waals surface area contributed by atoms with Crippen LogP contribution in [0.5, 0.6) is 5.88 Å². The van der Waals surface area contributed by atoms with Crippen LogP contribution in [0.3, 0.4) is 0 Å². The molecular formula is C18H20N4O3S. The van der Waals surface area contributed by atoms with Crippen molar-refractivity contribution in [2.45, 2.75) is 45.4 Å². The molecule has 0 unspecified atom stereocenters. The zero-order valence-electron chi connectivity index (χ0n) is 14.7. The fourth-order valence-corrected chi connectivity index (χ4v) is 4.31. The van der Waals surface area contributed by atoms with Gasteiger partial charge in [0.15, 0.2) is 0 Å². The topological polar surface area (TPSA) is 81.4 Å². The third kappa shape index (κ3) is 3.61. The van der Waals surface area contributed by atoms with Crippen molar-refractivity contribution < 1.29 is 13.9 Å². The van der Waals surface area contributed by atoms with Gasteiger partial charge in [-0.2, -0.15) is 0 Å². The molecule has 3 aromatic heterocycles. The van der Waals surface area contributed by atoms with Crippen LogP contribution in [0.25, 0.3) is 11.1 Å². The lowest BCUT2D eigenvalue weighted by atomic mass is 10.2. The van der Waals surface area contributed by atoms with Gasteiger partial charge in [-0.3, -0.25) is 9.69 Å². The average Bonchev–Trinajstić information content (AvgIpc) is 3.29. The highest BCUT2D eigenvalue weighted by molar-refractivity contribution is 7.11. The second kappa shape index (κ2) is 7.13. The first-order valence-corrected chi connectivity index (χ1v) is 9.42. The Hall–Kier alpha value is -2.32. The number of hydrogen-bond donors (Lipinski definition) is 0. The summed E-state index contributed by atoms with van der Waals surface area (Å²) < 4.78 is 11.4. The molecule has 0 amide bonds. The molecule has 8 heteroatoms. The van der Waals surface area contributed by atoms with Crippen molar-refractivity contribution >= 4 is 28.2 Å². The summed E-state index contributed by atoms with van der Waals surface area (Å²) >= 11 is 1.61. The highest BCUT2D eigenvalue weighted by Crippen LogP contribution is 2.28. The largest absolute Gasteiger partial charge is 0.472 e. The van der Waals surface area contributed by atoms with Gasteiger partial charge in [0, 0.05) is 36.6 Å². The van der Waals surface area contributed by atoms with Crippen molar-refractivity contribution in [3.63, 3.8) is 0 Å². The summed E-state index contributed by atoms with van der Waals surface area (Å²) in [4.78, 5) is 27.5. The van der Waals surface area contributed by atoms with Gasteiger partial charge in [-0.1, -0.05) is 0 Å². The highest BCUT2D eigenvalue weighted by atomic mass is 32.1. The summed E-state index contributed by atoms with van der Waals surface area (Å²) in [5, 5.41) is 1.69. The molecule has 7 nitrogen and oxygen atoms in total. The predicted molar refractivity (Wildman–Crippen MR) is 97.2 cm³/mol. The lowest BCUT2D eigenvalue weighted by molar-refractivity contribution is -0.116. The molecule has 1 aliphatic rings. The van der Waals surface area contributed by atoms with E-state index in [0.717, 1.165) is 29.9 Å². The first-order chi connectivity index (χ1) is 12.6. The summed E-state index contributed by atoms with van der Waals surface area (Å²) in [5.41, 5.74) is 0.542. The van der Waals surface area contributed by atoms with Crippen molar-refractivity contribution in [2.75, 3.05) is 6.54 Å². The van der Waals surface area contributed by atoms with Crippen molar-refractivity contribution in [3.05, 3.63) is 34.7 Å². The maximum Gasteiger partial charge on any atom is 0.232 e. The van der Waals surface area contributed by atoms with Gasteiger partial charge in [-0.05, 0) is 19.9 Å². The summed E-state index contributed by atoms with van der Waals surface area (Å²) in [6, 6.07) is 2.23. The fourth-order valence-electron chi connectivity index (χ4n) is 3.29. The maximum atomic E-state index is 11.2. The molecule has 0 spiro atoms. The van der Waals surface area contributed by atoms with Gasteiger partial charge in [0.1, 0.15) is 28.6 Å². The molecule has 136 valence electrons. The number of aromatic nitrogens is 3. The number of carbonyl (C=O) groups excluding carboxylic acids is 1. The number of Topliss-reactive ketones (excluding diaryl/α,β-unsaturated/α-hetero) is 1. The number of furan rings is 1. The van der Waals surface area contributed by atoms with E-state index in [2.05, 4.69) is 26.8 Å². The molecule has 1 saturated heterocycles. The van der Waals surface area contributed by atoms with Crippen molar-refractivity contribution in [1.82, 2.24) is 19.9 Å². The van der Waals surface area contributed by atoms with Crippen molar-refractivity contribution in [2.24, 2.45) is 0 Å². The van der Waals surface area contributed by atoms with E-state index in [1.54, 1.807) is 24.5 Å². The van der Waals surface area contributed by atoms with Crippen LogP contribution in [0, 0.1) is 0 Å². The van der Waals surface area contributed by atoms with Crippen LogP contribution in [0.1, 0.15) is 30.2 Å². The average molecular weight is 372 g/mol. The monoisotopic (exact) mass is 372 g/mol. The van der Waals surface area contributed by atoms with Crippen LogP contribution in [-0.2, 0) is 17.8 Å². The zero-order chi connectivity index (χ0) is 18.1. The molecule has 4 heterocycles. The Morgan fingerprint density at radius 3 is 3.15 bits per heavy atom. The van der Waals surface area contributed by atoms with E-state index in [0.29, 0.717) is 24.1 Å². The van der Waals surface area contributed by atoms with E-state index in [-0.39, 0.29) is 11.9 Å². The van der Waals surface area contributed by atoms with Crippen LogP contribution in [-0.4, -0.2) is 44.3 Å². The molecule has 0 aliphatic carbocycles. The summed E-state index contributed by atoms with van der Waals surface area (Å²) in [7, 11) is 0. The maximum absolute atomic E-state index is 11.2. The van der Waals surface area contributed by atoms with Gasteiger partial charge >= 0.3 is 0 Å². The molecule has 0 saturated carbocycles. The van der Waals surface area contributed by atoms with E-state index in [1.807, 2.05) is 12.3 Å². The number of ether oxygens (including phenoxy) is 1. The summed E-state index contributed by atoms with van der Waals surface area (Å²) in [6.07, 6.45) is 6.36. The molecule has 0 bridgehead atoms. The first kappa shape index (κ1) is 17.1. The SMILES string of the molecule is CC(=O)Cc1ncc(CN2C[C@H](Oc3ncnc4occc34)C[C@@H]2C)s1. The number of hydrogen-bond acceptors (Lipinski definition) is 8. The van der Waals surface area contributed by atoms with Gasteiger partial charge < -0.3 is 9.15 Å². The van der Waals surface area contributed by atoms with Gasteiger partial charge in [0.05, 0.1) is 12.7 Å². The number of fused-ring (bicyclic) bond motifs is 1. The predicted octanol–water partition coefficient (Wildman–Crippen LogP) is 2.85. The molecule has 0 aromatic carbocycles. The third-order valence-electron chi connectivity index (χ3n) is 4.53. The van der Waals surface area contributed by atoms with Crippen LogP contribution in [0.15, 0.2) is 29.3 Å². The quantitative estimate of drug-likeness (QED) is 0.658. The number of carbonyl (C=O) groups is 1. The van der Waals surface area contributed by atoms with Gasteiger partial charge in [-0.15, -0.1) is 11.3 Å². The minimum atomic E-state index is 0.0719. The highest BCUT2D eigenvalue weighted by Gasteiger charge is 2.31. The van der Waals surface area contributed by atoms with Crippen LogP contribution in [0.2, 0.25) is 0 Å². The van der Waals surface area contributed by atoms with Crippen LogP contribution in [0.4, 0.5) is 0 Å². The summed E-state index contributed by atoms with van der Waals surface area (Å²) in [6.45, 7) is 5.44. The smallest absolute Gasteiger partial charge is 0.232 e. The number of ketones is 1. The van der Waals surface area contributed by atoms with Gasteiger partial charge in [-0.25, -0.2) is 15.0 Å². The van der Waals surface area contributed by atoms with Crippen LogP contribution < -0.4 is 4.74 Å². The molecular weight excluding hydrogens is 352 g/mol. The number of nitrogens with zero attached hydrogens (tertiary/aromatic N) is 4. The number of rotatable bonds is 6. The fraction of sp³-hybridized carbons (Fsp3) is 0.444. The normalized spacial score (nSPS) is 20.7. The van der Waals surface area contributed by atoms with E-state index in [9.17, 15) is 4.79 Å². The molecule has 0 radical (unpaired) electrons. The second-order valence-electron chi connectivity index (χ2n) is 6.67. The second-order valence-corrected chi connectivity index (χ2v) is 7.87. The lowest BCUT2D eigenvalue weighted by Gasteiger charge is -2.19. The Kier molecular flexibility index (Phi) is 4.69. The molecule has 0 N–H and O–H groups in total.